The fourth-order valence-corrected chi connectivity index (χ4v) is 3.62. The number of para-hydroxylation sites is 1. The Balaban J connectivity index is 1.99. The van der Waals surface area contributed by atoms with Gasteiger partial charge in [0.2, 0.25) is 0 Å². The molecule has 0 bridgehead atoms. The van der Waals surface area contributed by atoms with Crippen LogP contribution in [0.3, 0.4) is 0 Å². The molecule has 1 aromatic rings. The van der Waals surface area contributed by atoms with Crippen molar-refractivity contribution in [2.75, 3.05) is 11.5 Å². The average molecular weight is 409 g/mol. The highest BCUT2D eigenvalue weighted by Gasteiger charge is 2.13. The molecule has 0 unspecified atom stereocenters. The van der Waals surface area contributed by atoms with Gasteiger partial charge in [0.25, 0.3) is 0 Å². The predicted octanol–water partition coefficient (Wildman–Crippen LogP) is 5.79. The Kier molecular flexibility index (Phi) is 14.7. The molecule has 0 spiro atoms. The Hall–Kier alpha value is -1.30. The lowest BCUT2D eigenvalue weighted by atomic mass is 10.1. The molecule has 158 valence electrons. The number of ether oxygens (including phenoxy) is 1. The summed E-state index contributed by atoms with van der Waals surface area (Å²) in [7, 11) is 0. The Morgan fingerprint density at radius 1 is 1.00 bits per heavy atom. The van der Waals surface area contributed by atoms with E-state index in [1.54, 1.807) is 30.0 Å². The van der Waals surface area contributed by atoms with Crippen molar-refractivity contribution in [2.45, 2.75) is 77.4 Å². The van der Waals surface area contributed by atoms with E-state index in [0.29, 0.717) is 0 Å². The smallest absolute Gasteiger partial charge is 0.321 e. The van der Waals surface area contributed by atoms with Crippen molar-refractivity contribution in [1.29, 1.82) is 0 Å². The van der Waals surface area contributed by atoms with Crippen LogP contribution in [0.15, 0.2) is 36.4 Å². The number of unbranched alkanes of at least 4 members (excludes halogenated alkanes) is 8. The van der Waals surface area contributed by atoms with Crippen molar-refractivity contribution >= 4 is 17.7 Å². The van der Waals surface area contributed by atoms with Crippen LogP contribution in [-0.2, 0) is 4.79 Å². The molecule has 0 atom stereocenters. The molecule has 0 aliphatic heterocycles. The maximum absolute atomic E-state index is 11.9. The summed E-state index contributed by atoms with van der Waals surface area (Å²) in [4.78, 5) is 11.9. The van der Waals surface area contributed by atoms with Gasteiger partial charge in [0, 0.05) is 0 Å². The number of aliphatic hydroxyl groups is 2. The van der Waals surface area contributed by atoms with Gasteiger partial charge in [0.1, 0.15) is 5.75 Å². The number of rotatable bonds is 16. The second-order valence-corrected chi connectivity index (χ2v) is 8.07. The highest BCUT2D eigenvalue weighted by molar-refractivity contribution is 7.99. The van der Waals surface area contributed by atoms with E-state index in [4.69, 9.17) is 4.74 Å². The molecular weight excluding hydrogens is 372 g/mol. The number of hydrogen-bond donors (Lipinski definition) is 2. The molecule has 4 nitrogen and oxygen atoms in total. The first kappa shape index (κ1) is 24.7. The number of esters is 1. The first-order valence-corrected chi connectivity index (χ1v) is 11.7. The lowest BCUT2D eigenvalue weighted by Gasteiger charge is -2.11. The maximum atomic E-state index is 11.9. The summed E-state index contributed by atoms with van der Waals surface area (Å²) in [6, 6.07) is 6.46. The van der Waals surface area contributed by atoms with Crippen LogP contribution < -0.4 is 4.74 Å². The molecule has 0 saturated carbocycles. The topological polar surface area (TPSA) is 66.8 Å². The lowest BCUT2D eigenvalue weighted by molar-refractivity contribution is -0.131. The minimum absolute atomic E-state index is 0.204. The number of allylic oxidation sites excluding steroid dienone is 2. The number of aliphatic hydroxyl groups excluding tert-OH is 1. The summed E-state index contributed by atoms with van der Waals surface area (Å²) in [5.41, 5.74) is 0.204. The van der Waals surface area contributed by atoms with E-state index in [2.05, 4.69) is 19.1 Å². The summed E-state index contributed by atoms with van der Waals surface area (Å²) in [5.74, 6) is 1.05. The number of benzene rings is 1. The molecule has 5 heteroatoms. The molecule has 0 aromatic heterocycles. The third-order valence-corrected chi connectivity index (χ3v) is 5.46. The number of carbonyl (C=O) groups excluding carboxylic acids is 1. The van der Waals surface area contributed by atoms with Crippen LogP contribution in [0.5, 0.6) is 5.75 Å². The van der Waals surface area contributed by atoms with E-state index < -0.39 is 6.29 Å². The lowest BCUT2D eigenvalue weighted by Crippen LogP contribution is -2.13. The van der Waals surface area contributed by atoms with E-state index in [9.17, 15) is 15.0 Å². The van der Waals surface area contributed by atoms with Gasteiger partial charge in [-0.25, -0.2) is 0 Å². The standard InChI is InChI=1S/C23H36O4S/c1-2-3-4-5-6-7-8-9-10-11-12-15-18-28-19-22(24)27-21-17-14-13-16-20(21)23(25)26/h8-9,13-14,16-17,23,25-26H,2-7,10-12,15,18-19H2,1H3. The summed E-state index contributed by atoms with van der Waals surface area (Å²) >= 11 is 1.56. The molecule has 0 saturated heterocycles. The Morgan fingerprint density at radius 2 is 1.64 bits per heavy atom. The fourth-order valence-electron chi connectivity index (χ4n) is 2.84. The van der Waals surface area contributed by atoms with Gasteiger partial charge in [0.05, 0.1) is 11.3 Å². The highest BCUT2D eigenvalue weighted by atomic mass is 32.2. The van der Waals surface area contributed by atoms with Gasteiger partial charge in [-0.05, 0) is 43.9 Å². The van der Waals surface area contributed by atoms with Crippen LogP contribution in [0.4, 0.5) is 0 Å². The fraction of sp³-hybridized carbons (Fsp3) is 0.609. The van der Waals surface area contributed by atoms with Gasteiger partial charge in [-0.2, -0.15) is 11.8 Å². The number of thioether (sulfide) groups is 1. The van der Waals surface area contributed by atoms with E-state index in [1.807, 2.05) is 0 Å². The van der Waals surface area contributed by atoms with Gasteiger partial charge in [-0.3, -0.25) is 4.79 Å². The second-order valence-electron chi connectivity index (χ2n) is 6.96. The largest absolute Gasteiger partial charge is 0.425 e. The van der Waals surface area contributed by atoms with E-state index in [-0.39, 0.29) is 23.0 Å². The Bertz CT molecular complexity index is 557. The van der Waals surface area contributed by atoms with Crippen molar-refractivity contribution in [3.05, 3.63) is 42.0 Å². The van der Waals surface area contributed by atoms with Crippen LogP contribution in [-0.4, -0.2) is 27.7 Å². The molecular formula is C23H36O4S. The first-order valence-electron chi connectivity index (χ1n) is 10.5. The van der Waals surface area contributed by atoms with E-state index in [0.717, 1.165) is 18.6 Å². The zero-order valence-electron chi connectivity index (χ0n) is 17.1. The van der Waals surface area contributed by atoms with E-state index in [1.165, 1.54) is 57.4 Å². The van der Waals surface area contributed by atoms with Crippen molar-refractivity contribution in [1.82, 2.24) is 0 Å². The summed E-state index contributed by atoms with van der Waals surface area (Å²) < 4.78 is 5.23. The third-order valence-electron chi connectivity index (χ3n) is 4.44. The average Bonchev–Trinajstić information content (AvgIpc) is 2.68. The van der Waals surface area contributed by atoms with Crippen molar-refractivity contribution in [3.8, 4) is 5.75 Å². The van der Waals surface area contributed by atoms with E-state index >= 15 is 0 Å². The summed E-state index contributed by atoms with van der Waals surface area (Å²) in [6.45, 7) is 2.24. The van der Waals surface area contributed by atoms with Gasteiger partial charge >= 0.3 is 5.97 Å². The molecule has 1 rings (SSSR count). The Labute approximate surface area is 174 Å². The van der Waals surface area contributed by atoms with Crippen LogP contribution in [0.2, 0.25) is 0 Å². The molecule has 0 fully saturated rings. The Morgan fingerprint density at radius 3 is 2.32 bits per heavy atom. The van der Waals surface area contributed by atoms with Crippen LogP contribution >= 0.6 is 11.8 Å². The third kappa shape index (κ3) is 12.2. The normalized spacial score (nSPS) is 11.4. The van der Waals surface area contributed by atoms with Crippen molar-refractivity contribution < 1.29 is 19.7 Å². The molecule has 28 heavy (non-hydrogen) atoms. The zero-order valence-corrected chi connectivity index (χ0v) is 18.0. The van der Waals surface area contributed by atoms with Crippen molar-refractivity contribution in [3.63, 3.8) is 0 Å². The molecule has 0 heterocycles. The van der Waals surface area contributed by atoms with Gasteiger partial charge in [-0.1, -0.05) is 69.4 Å². The first-order chi connectivity index (χ1) is 13.6. The molecule has 2 N–H and O–H groups in total. The summed E-state index contributed by atoms with van der Waals surface area (Å²) in [6.07, 6.45) is 15.5. The van der Waals surface area contributed by atoms with Gasteiger partial charge < -0.3 is 14.9 Å². The quantitative estimate of drug-likeness (QED) is 0.119. The number of hydrogen-bond acceptors (Lipinski definition) is 5. The highest BCUT2D eigenvalue weighted by Crippen LogP contribution is 2.23. The molecule has 1 aromatic carbocycles. The predicted molar refractivity (Wildman–Crippen MR) is 118 cm³/mol. The molecule has 0 amide bonds. The van der Waals surface area contributed by atoms with Crippen LogP contribution in [0, 0.1) is 0 Å². The maximum Gasteiger partial charge on any atom is 0.321 e. The van der Waals surface area contributed by atoms with Crippen LogP contribution in [0.1, 0.15) is 83.0 Å². The SMILES string of the molecule is CCCCCCCC=CCCCCCSCC(=O)Oc1ccccc1C(O)O. The number of carbonyl (C=O) groups is 1. The summed E-state index contributed by atoms with van der Waals surface area (Å²) in [5, 5.41) is 18.6. The molecule has 0 aliphatic rings. The van der Waals surface area contributed by atoms with Gasteiger partial charge in [0.15, 0.2) is 6.29 Å². The monoisotopic (exact) mass is 408 g/mol. The minimum Gasteiger partial charge on any atom is -0.425 e. The molecule has 0 radical (unpaired) electrons. The second kappa shape index (κ2) is 16.6. The van der Waals surface area contributed by atoms with Crippen molar-refractivity contribution in [2.24, 2.45) is 0 Å². The minimum atomic E-state index is -1.65. The molecule has 0 aliphatic carbocycles. The zero-order chi connectivity index (χ0) is 20.5. The van der Waals surface area contributed by atoms with Crippen LogP contribution in [0.25, 0.3) is 0 Å². The van der Waals surface area contributed by atoms with Gasteiger partial charge in [-0.15, -0.1) is 0 Å².